The van der Waals surface area contributed by atoms with Gasteiger partial charge in [0, 0.05) is 55.0 Å². The minimum Gasteiger partial charge on any atom is -0.361 e. The number of amides is 4. The molecule has 0 saturated carbocycles. The highest BCUT2D eigenvalue weighted by Gasteiger charge is 2.57. The average molecular weight is 494 g/mol. The summed E-state index contributed by atoms with van der Waals surface area (Å²) >= 11 is 1.61. The molecule has 4 amide bonds. The minimum absolute atomic E-state index is 0.178. The molecule has 0 bridgehead atoms. The van der Waals surface area contributed by atoms with Crippen LogP contribution in [0, 0.1) is 5.92 Å². The molecule has 182 valence electrons. The Morgan fingerprint density at radius 1 is 1.26 bits per heavy atom. The van der Waals surface area contributed by atoms with Crippen LogP contribution in [0.4, 0.5) is 4.79 Å². The van der Waals surface area contributed by atoms with Crippen LogP contribution in [-0.4, -0.2) is 57.4 Å². The number of carbonyl (C=O) groups is 3. The molecule has 10 heteroatoms. The van der Waals surface area contributed by atoms with Crippen LogP contribution in [0.1, 0.15) is 46.5 Å². The van der Waals surface area contributed by atoms with E-state index in [1.54, 1.807) is 40.8 Å². The van der Waals surface area contributed by atoms with E-state index in [0.717, 1.165) is 4.88 Å². The first-order valence-electron chi connectivity index (χ1n) is 11.8. The van der Waals surface area contributed by atoms with Gasteiger partial charge in [-0.05, 0) is 42.7 Å². The van der Waals surface area contributed by atoms with Crippen molar-refractivity contribution in [3.63, 3.8) is 0 Å². The Kier molecular flexibility index (Phi) is 6.38. The van der Waals surface area contributed by atoms with Crippen molar-refractivity contribution >= 4 is 29.2 Å². The van der Waals surface area contributed by atoms with Gasteiger partial charge in [0.2, 0.25) is 0 Å². The van der Waals surface area contributed by atoms with E-state index in [2.05, 4.69) is 15.5 Å². The third kappa shape index (κ3) is 4.22. The number of hydrogen-bond donors (Lipinski definition) is 1. The van der Waals surface area contributed by atoms with Crippen molar-refractivity contribution in [2.45, 2.75) is 38.1 Å². The third-order valence-electron chi connectivity index (χ3n) is 6.93. The number of urea groups is 1. The van der Waals surface area contributed by atoms with E-state index in [1.165, 1.54) is 4.90 Å². The number of likely N-dealkylation sites (tertiary alicyclic amines) is 1. The molecule has 5 heterocycles. The van der Waals surface area contributed by atoms with Gasteiger partial charge in [-0.1, -0.05) is 24.2 Å². The minimum atomic E-state index is -1.20. The molecule has 1 atom stereocenters. The number of thiophene rings is 1. The number of aryl methyl sites for hydroxylation is 1. The fourth-order valence-electron chi connectivity index (χ4n) is 5.04. The average Bonchev–Trinajstić information content (AvgIpc) is 3.64. The van der Waals surface area contributed by atoms with Crippen LogP contribution in [0.15, 0.2) is 52.6 Å². The van der Waals surface area contributed by atoms with Crippen molar-refractivity contribution in [3.05, 3.63) is 70.0 Å². The lowest BCUT2D eigenvalue weighted by molar-refractivity contribution is -0.134. The second-order valence-electron chi connectivity index (χ2n) is 8.86. The summed E-state index contributed by atoms with van der Waals surface area (Å²) in [6.07, 6.45) is 5.70. The molecule has 0 unspecified atom stereocenters. The highest BCUT2D eigenvalue weighted by molar-refractivity contribution is 7.09. The summed E-state index contributed by atoms with van der Waals surface area (Å²) in [6, 6.07) is 8.87. The van der Waals surface area contributed by atoms with Crippen LogP contribution in [0.5, 0.6) is 0 Å². The van der Waals surface area contributed by atoms with Crippen LogP contribution in [0.3, 0.4) is 0 Å². The lowest BCUT2D eigenvalue weighted by Gasteiger charge is -2.40. The summed E-state index contributed by atoms with van der Waals surface area (Å²) in [5.41, 5.74) is -0.225. The monoisotopic (exact) mass is 493 g/mol. The van der Waals surface area contributed by atoms with Gasteiger partial charge >= 0.3 is 6.03 Å². The lowest BCUT2D eigenvalue weighted by atomic mass is 9.73. The molecule has 0 aliphatic carbocycles. The quantitative estimate of drug-likeness (QED) is 0.506. The van der Waals surface area contributed by atoms with Gasteiger partial charge in [-0.25, -0.2) is 4.79 Å². The SMILES string of the molecule is CCc1cc(C(=O)N2CCC([C@]3(c4cccnc4)NC(=O)N(CCc4cccs4)C3=O)CC2)no1. The van der Waals surface area contributed by atoms with Crippen LogP contribution in [0.2, 0.25) is 0 Å². The van der Waals surface area contributed by atoms with E-state index in [9.17, 15) is 14.4 Å². The van der Waals surface area contributed by atoms with Gasteiger partial charge in [0.25, 0.3) is 11.8 Å². The van der Waals surface area contributed by atoms with Crippen molar-refractivity contribution in [1.82, 2.24) is 25.3 Å². The van der Waals surface area contributed by atoms with Crippen molar-refractivity contribution in [3.8, 4) is 0 Å². The van der Waals surface area contributed by atoms with Crippen molar-refractivity contribution in [2.24, 2.45) is 5.92 Å². The molecular weight excluding hydrogens is 466 g/mol. The molecule has 3 aromatic rings. The number of aromatic nitrogens is 2. The Morgan fingerprint density at radius 3 is 2.74 bits per heavy atom. The standard InChI is InChI=1S/C25H27N5O4S/c1-2-19-15-21(28-34-19)22(31)29-11-7-17(8-12-29)25(18-5-3-10-26-16-18)23(32)30(24(33)27-25)13-9-20-6-4-14-35-20/h3-6,10,14-17H,2,7-9,11-13H2,1H3,(H,27,33)/t25-/m1/s1. The molecular formula is C25H27N5O4S. The van der Waals surface area contributed by atoms with Crippen molar-refractivity contribution in [1.29, 1.82) is 0 Å². The number of nitrogens with zero attached hydrogens (tertiary/aromatic N) is 4. The zero-order valence-corrected chi connectivity index (χ0v) is 20.3. The molecule has 1 N–H and O–H groups in total. The summed E-state index contributed by atoms with van der Waals surface area (Å²) in [5.74, 6) is 0.0609. The van der Waals surface area contributed by atoms with Crippen LogP contribution < -0.4 is 5.32 Å². The number of piperidine rings is 1. The highest BCUT2D eigenvalue weighted by Crippen LogP contribution is 2.41. The summed E-state index contributed by atoms with van der Waals surface area (Å²) < 4.78 is 5.19. The first-order chi connectivity index (χ1) is 17.0. The van der Waals surface area contributed by atoms with Gasteiger partial charge in [0.05, 0.1) is 0 Å². The molecule has 2 fully saturated rings. The Labute approximate surface area is 207 Å². The first-order valence-corrected chi connectivity index (χ1v) is 12.7. The van der Waals surface area contributed by atoms with Gasteiger partial charge in [-0.3, -0.25) is 19.5 Å². The summed E-state index contributed by atoms with van der Waals surface area (Å²) in [4.78, 5) is 48.3. The lowest BCUT2D eigenvalue weighted by Crippen LogP contribution is -2.54. The molecule has 2 aliphatic heterocycles. The van der Waals surface area contributed by atoms with Crippen molar-refractivity contribution in [2.75, 3.05) is 19.6 Å². The molecule has 9 nitrogen and oxygen atoms in total. The molecule has 2 aliphatic rings. The van der Waals surface area contributed by atoms with Gasteiger partial charge in [0.15, 0.2) is 11.2 Å². The van der Waals surface area contributed by atoms with E-state index in [1.807, 2.05) is 30.5 Å². The maximum atomic E-state index is 13.9. The van der Waals surface area contributed by atoms with Crippen LogP contribution in [0.25, 0.3) is 0 Å². The number of rotatable bonds is 7. The summed E-state index contributed by atoms with van der Waals surface area (Å²) in [7, 11) is 0. The zero-order chi connectivity index (χ0) is 24.4. The van der Waals surface area contributed by atoms with Crippen molar-refractivity contribution < 1.29 is 18.9 Å². The second-order valence-corrected chi connectivity index (χ2v) is 9.90. The van der Waals surface area contributed by atoms with E-state index < -0.39 is 5.54 Å². The van der Waals surface area contributed by atoms with Crippen LogP contribution in [-0.2, 0) is 23.2 Å². The molecule has 0 spiro atoms. The third-order valence-corrected chi connectivity index (χ3v) is 7.87. The number of nitrogens with one attached hydrogen (secondary N) is 1. The van der Waals surface area contributed by atoms with Gasteiger partial charge in [-0.2, -0.15) is 0 Å². The normalized spacial score (nSPS) is 20.9. The Morgan fingerprint density at radius 2 is 2.09 bits per heavy atom. The number of carbonyl (C=O) groups excluding carboxylic acids is 3. The molecule has 0 radical (unpaired) electrons. The summed E-state index contributed by atoms with van der Waals surface area (Å²) in [5, 5.41) is 8.93. The predicted octanol–water partition coefficient (Wildman–Crippen LogP) is 3.24. The second kappa shape index (κ2) is 9.61. The van der Waals surface area contributed by atoms with Gasteiger partial charge in [-0.15, -0.1) is 11.3 Å². The molecule has 0 aromatic carbocycles. The number of hydrogen-bond acceptors (Lipinski definition) is 7. The smallest absolute Gasteiger partial charge is 0.325 e. The largest absolute Gasteiger partial charge is 0.361 e. The molecule has 5 rings (SSSR count). The van der Waals surface area contributed by atoms with E-state index in [4.69, 9.17) is 4.52 Å². The van der Waals surface area contributed by atoms with Gasteiger partial charge < -0.3 is 14.7 Å². The fourth-order valence-corrected chi connectivity index (χ4v) is 5.73. The Bertz CT molecular complexity index is 1200. The van der Waals surface area contributed by atoms with E-state index >= 15 is 0 Å². The predicted molar refractivity (Wildman–Crippen MR) is 129 cm³/mol. The summed E-state index contributed by atoms with van der Waals surface area (Å²) in [6.45, 7) is 3.17. The number of pyridine rings is 1. The molecule has 2 saturated heterocycles. The molecule has 35 heavy (non-hydrogen) atoms. The van der Waals surface area contributed by atoms with E-state index in [0.29, 0.717) is 62.3 Å². The number of imide groups is 1. The topological polar surface area (TPSA) is 109 Å². The maximum absolute atomic E-state index is 13.9. The fraction of sp³-hybridized carbons (Fsp3) is 0.400. The Hall–Kier alpha value is -3.53. The van der Waals surface area contributed by atoms with Crippen LogP contribution >= 0.6 is 11.3 Å². The first kappa shape index (κ1) is 23.2. The van der Waals surface area contributed by atoms with Gasteiger partial charge in [0.1, 0.15) is 5.76 Å². The Balaban J connectivity index is 1.36. The molecule has 3 aromatic heterocycles. The zero-order valence-electron chi connectivity index (χ0n) is 19.5. The van der Waals surface area contributed by atoms with E-state index in [-0.39, 0.29) is 23.8 Å². The highest BCUT2D eigenvalue weighted by atomic mass is 32.1. The maximum Gasteiger partial charge on any atom is 0.325 e.